The van der Waals surface area contributed by atoms with Gasteiger partial charge in [0.2, 0.25) is 0 Å². The van der Waals surface area contributed by atoms with Gasteiger partial charge in [0, 0.05) is 0 Å². The molecule has 2 N–H and O–H groups in total. The second-order valence-electron chi connectivity index (χ2n) is 4.55. The van der Waals surface area contributed by atoms with Gasteiger partial charge < -0.3 is 0 Å². The first-order valence-electron chi connectivity index (χ1n) is 6.35. The maximum absolute atomic E-state index is 13.6. The van der Waals surface area contributed by atoms with Crippen molar-refractivity contribution in [2.45, 2.75) is 6.18 Å². The molecule has 0 atom stereocenters. The van der Waals surface area contributed by atoms with Crippen LogP contribution in [0.3, 0.4) is 0 Å². The number of amides is 1. The van der Waals surface area contributed by atoms with Crippen molar-refractivity contribution in [2.75, 3.05) is 5.43 Å². The summed E-state index contributed by atoms with van der Waals surface area (Å²) in [6, 6.07) is 7.87. The van der Waals surface area contributed by atoms with E-state index in [1.165, 1.54) is 12.1 Å². The van der Waals surface area contributed by atoms with Crippen LogP contribution in [0.15, 0.2) is 36.4 Å². The Morgan fingerprint density at radius 2 is 1.92 bits per heavy atom. The van der Waals surface area contributed by atoms with Crippen LogP contribution in [0.5, 0.6) is 0 Å². The van der Waals surface area contributed by atoms with Gasteiger partial charge in [-0.2, -0.15) is 18.4 Å². The topological polar surface area (TPSA) is 64.9 Å². The summed E-state index contributed by atoms with van der Waals surface area (Å²) in [6.07, 6.45) is -4.75. The molecule has 2 aromatic rings. The number of anilines is 1. The van der Waals surface area contributed by atoms with Crippen LogP contribution in [-0.4, -0.2) is 5.91 Å². The summed E-state index contributed by atoms with van der Waals surface area (Å²) in [5, 5.41) is 8.49. The number of carbonyl (C=O) groups is 1. The standard InChI is InChI=1S/C15H8ClF4N3O/c16-10-2-1-3-11(17)13(10)14(24)23-22-12-5-4-8(7-21)6-9(12)15(18,19)20/h1-6,22H,(H,23,24). The lowest BCUT2D eigenvalue weighted by atomic mass is 10.1. The van der Waals surface area contributed by atoms with E-state index in [0.717, 1.165) is 18.2 Å². The van der Waals surface area contributed by atoms with E-state index in [1.807, 2.05) is 5.43 Å². The third kappa shape index (κ3) is 3.75. The molecule has 1 amide bonds. The predicted octanol–water partition coefficient (Wildman–Crippen LogP) is 4.13. The van der Waals surface area contributed by atoms with Crippen molar-refractivity contribution in [1.29, 1.82) is 5.26 Å². The summed E-state index contributed by atoms with van der Waals surface area (Å²) >= 11 is 5.70. The molecule has 0 heterocycles. The first kappa shape index (κ1) is 17.6. The maximum Gasteiger partial charge on any atom is 0.418 e. The third-order valence-electron chi connectivity index (χ3n) is 2.95. The van der Waals surface area contributed by atoms with Crippen molar-refractivity contribution >= 4 is 23.2 Å². The molecule has 124 valence electrons. The van der Waals surface area contributed by atoms with Gasteiger partial charge >= 0.3 is 6.18 Å². The van der Waals surface area contributed by atoms with Crippen molar-refractivity contribution in [3.8, 4) is 6.07 Å². The van der Waals surface area contributed by atoms with Crippen LogP contribution in [0.1, 0.15) is 21.5 Å². The SMILES string of the molecule is N#Cc1ccc(NNC(=O)c2c(F)cccc2Cl)c(C(F)(F)F)c1. The first-order valence-corrected chi connectivity index (χ1v) is 6.73. The smallest absolute Gasteiger partial charge is 0.298 e. The van der Waals surface area contributed by atoms with Crippen LogP contribution in [0, 0.1) is 17.1 Å². The van der Waals surface area contributed by atoms with Gasteiger partial charge in [0.25, 0.3) is 5.91 Å². The number of hydrazine groups is 1. The lowest BCUT2D eigenvalue weighted by Gasteiger charge is -2.16. The molecule has 0 saturated carbocycles. The third-order valence-corrected chi connectivity index (χ3v) is 3.27. The van der Waals surface area contributed by atoms with Gasteiger partial charge in [0.15, 0.2) is 0 Å². The minimum Gasteiger partial charge on any atom is -0.298 e. The van der Waals surface area contributed by atoms with E-state index in [2.05, 4.69) is 5.43 Å². The highest BCUT2D eigenvalue weighted by Crippen LogP contribution is 2.35. The highest BCUT2D eigenvalue weighted by atomic mass is 35.5. The van der Waals surface area contributed by atoms with Crippen molar-refractivity contribution in [1.82, 2.24) is 5.43 Å². The molecule has 24 heavy (non-hydrogen) atoms. The molecule has 4 nitrogen and oxygen atoms in total. The lowest BCUT2D eigenvalue weighted by molar-refractivity contribution is -0.137. The molecule has 0 unspecified atom stereocenters. The van der Waals surface area contributed by atoms with Gasteiger partial charge in [-0.25, -0.2) is 4.39 Å². The van der Waals surface area contributed by atoms with Crippen molar-refractivity contribution in [2.24, 2.45) is 0 Å². The van der Waals surface area contributed by atoms with E-state index in [1.54, 1.807) is 6.07 Å². The van der Waals surface area contributed by atoms with Crippen LogP contribution in [0.25, 0.3) is 0 Å². The number of carbonyl (C=O) groups excluding carboxylic acids is 1. The van der Waals surface area contributed by atoms with E-state index in [-0.39, 0.29) is 10.6 Å². The number of nitrogens with one attached hydrogen (secondary N) is 2. The zero-order valence-corrected chi connectivity index (χ0v) is 12.5. The number of benzene rings is 2. The zero-order chi connectivity index (χ0) is 17.9. The van der Waals surface area contributed by atoms with Gasteiger partial charge in [0.1, 0.15) is 5.82 Å². The molecule has 0 aliphatic rings. The summed E-state index contributed by atoms with van der Waals surface area (Å²) in [4.78, 5) is 11.9. The molecule has 0 aromatic heterocycles. The Hall–Kier alpha value is -2.79. The molecule has 2 rings (SSSR count). The molecular formula is C15H8ClF4N3O. The van der Waals surface area contributed by atoms with E-state index in [0.29, 0.717) is 6.07 Å². The fourth-order valence-electron chi connectivity index (χ4n) is 1.86. The van der Waals surface area contributed by atoms with Crippen molar-refractivity contribution in [3.63, 3.8) is 0 Å². The predicted molar refractivity (Wildman–Crippen MR) is 78.7 cm³/mol. The molecule has 0 aliphatic carbocycles. The molecule has 9 heteroatoms. The van der Waals surface area contributed by atoms with E-state index >= 15 is 0 Å². The molecule has 0 fully saturated rings. The Morgan fingerprint density at radius 1 is 1.21 bits per heavy atom. The van der Waals surface area contributed by atoms with Crippen LogP contribution >= 0.6 is 11.6 Å². The molecule has 0 saturated heterocycles. The number of nitrogens with zero attached hydrogens (tertiary/aromatic N) is 1. The van der Waals surface area contributed by atoms with Crippen LogP contribution in [0.4, 0.5) is 23.2 Å². The quantitative estimate of drug-likeness (QED) is 0.641. The Balaban J connectivity index is 2.27. The van der Waals surface area contributed by atoms with Crippen molar-refractivity contribution < 1.29 is 22.4 Å². The number of nitriles is 1. The molecule has 2 aromatic carbocycles. The molecule has 0 aliphatic heterocycles. The summed E-state index contributed by atoms with van der Waals surface area (Å²) in [7, 11) is 0. The van der Waals surface area contributed by atoms with Crippen molar-refractivity contribution in [3.05, 3.63) is 63.9 Å². The largest absolute Gasteiger partial charge is 0.418 e. The number of rotatable bonds is 3. The zero-order valence-electron chi connectivity index (χ0n) is 11.7. The van der Waals surface area contributed by atoms with Gasteiger partial charge in [-0.05, 0) is 30.3 Å². The first-order chi connectivity index (χ1) is 11.2. The monoisotopic (exact) mass is 357 g/mol. The normalized spacial score (nSPS) is 10.8. The molecular weight excluding hydrogens is 350 g/mol. The highest BCUT2D eigenvalue weighted by Gasteiger charge is 2.34. The van der Waals surface area contributed by atoms with Crippen LogP contribution < -0.4 is 10.9 Å². The number of hydrogen-bond acceptors (Lipinski definition) is 3. The Bertz CT molecular complexity index is 810. The fourth-order valence-corrected chi connectivity index (χ4v) is 2.11. The van der Waals surface area contributed by atoms with Gasteiger partial charge in [0.05, 0.1) is 33.5 Å². The highest BCUT2D eigenvalue weighted by molar-refractivity contribution is 6.33. The van der Waals surface area contributed by atoms with Gasteiger partial charge in [-0.1, -0.05) is 17.7 Å². The number of halogens is 5. The summed E-state index contributed by atoms with van der Waals surface area (Å²) in [5.41, 5.74) is 1.67. The maximum atomic E-state index is 13.6. The Kier molecular flexibility index (Phi) is 4.95. The number of alkyl halides is 3. The Labute approximate surface area is 138 Å². The van der Waals surface area contributed by atoms with Gasteiger partial charge in [-0.15, -0.1) is 0 Å². The minimum atomic E-state index is -4.75. The Morgan fingerprint density at radius 3 is 2.50 bits per heavy atom. The second-order valence-corrected chi connectivity index (χ2v) is 4.95. The lowest BCUT2D eigenvalue weighted by Crippen LogP contribution is -2.31. The molecule has 0 radical (unpaired) electrons. The molecule has 0 bridgehead atoms. The minimum absolute atomic E-state index is 0.190. The van der Waals surface area contributed by atoms with E-state index in [4.69, 9.17) is 16.9 Å². The van der Waals surface area contributed by atoms with E-state index in [9.17, 15) is 22.4 Å². The summed E-state index contributed by atoms with van der Waals surface area (Å²) < 4.78 is 52.6. The van der Waals surface area contributed by atoms with Gasteiger partial charge in [-0.3, -0.25) is 15.6 Å². The average molecular weight is 358 g/mol. The van der Waals surface area contributed by atoms with Crippen LogP contribution in [-0.2, 0) is 6.18 Å². The second kappa shape index (κ2) is 6.76. The van der Waals surface area contributed by atoms with Crippen LogP contribution in [0.2, 0.25) is 5.02 Å². The average Bonchev–Trinajstić information content (AvgIpc) is 2.51. The number of hydrogen-bond donors (Lipinski definition) is 2. The molecule has 0 spiro atoms. The summed E-state index contributed by atoms with van der Waals surface area (Å²) in [6.45, 7) is 0. The van der Waals surface area contributed by atoms with E-state index < -0.39 is 34.7 Å². The fraction of sp³-hybridized carbons (Fsp3) is 0.0667. The summed E-state index contributed by atoms with van der Waals surface area (Å²) in [5.74, 6) is -1.96.